The van der Waals surface area contributed by atoms with E-state index in [9.17, 15) is 14.3 Å². The average molecular weight is 575 g/mol. The zero-order valence-electron chi connectivity index (χ0n) is 21.2. The van der Waals surface area contributed by atoms with Gasteiger partial charge in [0.25, 0.3) is 5.91 Å². The topological polar surface area (TPSA) is 168 Å². The van der Waals surface area contributed by atoms with Crippen molar-refractivity contribution >= 4 is 30.8 Å². The second kappa shape index (κ2) is 11.7. The zero-order chi connectivity index (χ0) is 27.4. The third-order valence-electron chi connectivity index (χ3n) is 6.14. The van der Waals surface area contributed by atoms with Crippen molar-refractivity contribution < 1.29 is 28.1 Å². The number of anilines is 1. The second-order valence-corrected chi connectivity index (χ2v) is 11.0. The average Bonchev–Trinajstić information content (AvgIpc) is 3.70. The predicted molar refractivity (Wildman–Crippen MR) is 141 cm³/mol. The smallest absolute Gasteiger partial charge is 0.379 e. The second-order valence-electron chi connectivity index (χ2n) is 8.69. The zero-order valence-corrected chi connectivity index (χ0v) is 22.9. The fourth-order valence-electron chi connectivity index (χ4n) is 4.26. The van der Waals surface area contributed by atoms with Crippen molar-refractivity contribution in [3.63, 3.8) is 0 Å². The van der Waals surface area contributed by atoms with Gasteiger partial charge in [-0.25, -0.2) is 19.5 Å². The molecule has 4 aromatic heterocycles. The molecule has 0 saturated heterocycles. The lowest BCUT2D eigenvalue weighted by Gasteiger charge is -2.28. The van der Waals surface area contributed by atoms with Crippen LogP contribution in [0.2, 0.25) is 0 Å². The summed E-state index contributed by atoms with van der Waals surface area (Å²) in [5.74, 6) is -0.0321. The van der Waals surface area contributed by atoms with E-state index in [1.807, 2.05) is 17.8 Å². The molecule has 39 heavy (non-hydrogen) atoms. The maximum Gasteiger partial charge on any atom is 0.547 e. The van der Waals surface area contributed by atoms with Gasteiger partial charge in [0.15, 0.2) is 11.5 Å². The molecule has 206 valence electrons. The molecule has 1 fully saturated rings. The third kappa shape index (κ3) is 6.40. The summed E-state index contributed by atoms with van der Waals surface area (Å²) < 4.78 is 28.4. The number of carbonyl (C=O) groups excluding carboxylic acids is 1. The van der Waals surface area contributed by atoms with Crippen molar-refractivity contribution in [3.05, 3.63) is 48.1 Å². The van der Waals surface area contributed by atoms with Crippen LogP contribution in [0.25, 0.3) is 22.1 Å². The number of nitrogens with zero attached hydrogens (tertiary/aromatic N) is 7. The molecule has 0 aliphatic heterocycles. The first kappa shape index (κ1) is 27.1. The first-order valence-corrected chi connectivity index (χ1v) is 14.6. The summed E-state index contributed by atoms with van der Waals surface area (Å²) in [5, 5.41) is 13.6. The fourth-order valence-corrected chi connectivity index (χ4v) is 5.41. The number of hydrogen-bond donors (Lipinski definition) is 2. The molecular formula is C23H27N8O6PS. The van der Waals surface area contributed by atoms with Gasteiger partial charge < -0.3 is 10.1 Å². The van der Waals surface area contributed by atoms with E-state index in [2.05, 4.69) is 29.9 Å². The van der Waals surface area contributed by atoms with Crippen LogP contribution in [0.1, 0.15) is 49.1 Å². The Kier molecular flexibility index (Phi) is 8.14. The number of nitrogens with one attached hydrogen (secondary N) is 1. The first-order valence-electron chi connectivity index (χ1n) is 12.2. The van der Waals surface area contributed by atoms with E-state index in [-0.39, 0.29) is 17.8 Å². The van der Waals surface area contributed by atoms with Crippen LogP contribution in [0.3, 0.4) is 0 Å². The minimum atomic E-state index is -4.27. The quantitative estimate of drug-likeness (QED) is 0.265. The number of phosphoric acid groups is 1. The molecule has 4 heterocycles. The Bertz CT molecular complexity index is 1470. The molecule has 1 atom stereocenters. The maximum absolute atomic E-state index is 13.2. The summed E-state index contributed by atoms with van der Waals surface area (Å²) in [6.45, 7) is 2.71. The van der Waals surface area contributed by atoms with Gasteiger partial charge in [0.2, 0.25) is 0 Å². The van der Waals surface area contributed by atoms with Gasteiger partial charge in [0, 0.05) is 37.7 Å². The normalized spacial score (nSPS) is 18.9. The summed E-state index contributed by atoms with van der Waals surface area (Å²) >= 11 is 1.21. The van der Waals surface area contributed by atoms with Crippen molar-refractivity contribution in [1.29, 1.82) is 0 Å². The number of rotatable bonds is 10. The molecule has 1 amide bonds. The van der Waals surface area contributed by atoms with E-state index in [4.69, 9.17) is 14.5 Å². The van der Waals surface area contributed by atoms with Gasteiger partial charge in [-0.05, 0) is 38.7 Å². The molecule has 0 aromatic carbocycles. The van der Waals surface area contributed by atoms with Crippen LogP contribution < -0.4 is 9.94 Å². The van der Waals surface area contributed by atoms with E-state index < -0.39 is 13.7 Å². The number of ether oxygens (including phenoxy) is 1. The van der Waals surface area contributed by atoms with Crippen molar-refractivity contribution in [3.8, 4) is 22.1 Å². The van der Waals surface area contributed by atoms with Crippen LogP contribution in [0.15, 0.2) is 42.4 Å². The van der Waals surface area contributed by atoms with E-state index >= 15 is 0 Å². The van der Waals surface area contributed by atoms with E-state index in [0.717, 1.165) is 37.6 Å². The number of hydrogen-bond acceptors (Lipinski definition) is 11. The van der Waals surface area contributed by atoms with Gasteiger partial charge in [-0.15, -0.1) is 16.4 Å². The van der Waals surface area contributed by atoms with Crippen LogP contribution in [0.5, 0.6) is 0 Å². The SMILES string of the molecule is CCO[C@H]1CC[C@H](n2cc(NC(=O)c3csc(-c4cnn(OP(=O)(O)OC)c4)n3)c(-c3ncccn3)n2)CC1. The van der Waals surface area contributed by atoms with Gasteiger partial charge in [0.05, 0.1) is 35.8 Å². The number of thiazole rings is 1. The Morgan fingerprint density at radius 3 is 2.72 bits per heavy atom. The number of phosphoric ester groups is 1. The summed E-state index contributed by atoms with van der Waals surface area (Å²) in [4.78, 5) is 36.5. The van der Waals surface area contributed by atoms with Crippen LogP contribution in [0.4, 0.5) is 5.69 Å². The highest BCUT2D eigenvalue weighted by Gasteiger charge is 2.26. The van der Waals surface area contributed by atoms with E-state index in [1.165, 1.54) is 23.7 Å². The summed E-state index contributed by atoms with van der Waals surface area (Å²) in [6, 6.07) is 1.89. The number of aromatic nitrogens is 7. The summed E-state index contributed by atoms with van der Waals surface area (Å²) in [5.41, 5.74) is 1.62. The predicted octanol–water partition coefficient (Wildman–Crippen LogP) is 3.61. The van der Waals surface area contributed by atoms with Crippen molar-refractivity contribution in [1.82, 2.24) is 34.7 Å². The molecule has 16 heteroatoms. The Hall–Kier alpha value is -3.49. The molecule has 1 aliphatic rings. The lowest BCUT2D eigenvalue weighted by Crippen LogP contribution is -2.24. The first-order chi connectivity index (χ1) is 18.8. The van der Waals surface area contributed by atoms with Gasteiger partial charge in [0.1, 0.15) is 10.7 Å². The highest BCUT2D eigenvalue weighted by Crippen LogP contribution is 2.38. The maximum atomic E-state index is 13.2. The molecule has 1 unspecified atom stereocenters. The Morgan fingerprint density at radius 1 is 1.23 bits per heavy atom. The molecule has 1 aliphatic carbocycles. The standard InChI is InChI=1S/C23H27N8O6PS/c1-3-36-17-7-5-16(6-8-17)30-13-18(20(29-30)21-24-9-4-10-25-21)27-22(32)19-14-39-23(28-19)15-11-26-31(12-15)37-38(33,34)35-2/h4,9-14,16-17H,3,5-8H2,1-2H3,(H,27,32)(H,33,34)/t16-,17-. The van der Waals surface area contributed by atoms with Gasteiger partial charge in [-0.3, -0.25) is 23.5 Å². The monoisotopic (exact) mass is 574 g/mol. The van der Waals surface area contributed by atoms with Gasteiger partial charge in [-0.2, -0.15) is 5.10 Å². The van der Waals surface area contributed by atoms with Crippen LogP contribution >= 0.6 is 19.2 Å². The lowest BCUT2D eigenvalue weighted by molar-refractivity contribution is 0.0260. The number of amides is 1. The molecule has 2 N–H and O–H groups in total. The fraction of sp³-hybridized carbons (Fsp3) is 0.391. The minimum absolute atomic E-state index is 0.173. The molecule has 14 nitrogen and oxygen atoms in total. The van der Waals surface area contributed by atoms with Gasteiger partial charge in [-0.1, -0.05) is 4.85 Å². The molecule has 0 radical (unpaired) electrons. The van der Waals surface area contributed by atoms with Crippen molar-refractivity contribution in [2.45, 2.75) is 44.8 Å². The van der Waals surface area contributed by atoms with Gasteiger partial charge >= 0.3 is 7.82 Å². The Balaban J connectivity index is 1.34. The summed E-state index contributed by atoms with van der Waals surface area (Å²) in [6.07, 6.45) is 11.8. The summed E-state index contributed by atoms with van der Waals surface area (Å²) in [7, 11) is -3.23. The number of carbonyl (C=O) groups is 1. The molecule has 1 saturated carbocycles. The van der Waals surface area contributed by atoms with E-state index in [1.54, 1.807) is 23.8 Å². The Labute approximate surface area is 227 Å². The molecule has 0 spiro atoms. The van der Waals surface area contributed by atoms with Crippen LogP contribution in [0, 0.1) is 0 Å². The van der Waals surface area contributed by atoms with E-state index in [0.29, 0.717) is 34.4 Å². The molecule has 5 rings (SSSR count). The van der Waals surface area contributed by atoms with Crippen LogP contribution in [-0.4, -0.2) is 65.3 Å². The highest BCUT2D eigenvalue weighted by atomic mass is 32.1. The largest absolute Gasteiger partial charge is 0.547 e. The molecular weight excluding hydrogens is 547 g/mol. The Morgan fingerprint density at radius 2 is 2.00 bits per heavy atom. The third-order valence-corrected chi connectivity index (χ3v) is 7.87. The minimum Gasteiger partial charge on any atom is -0.379 e. The highest BCUT2D eigenvalue weighted by molar-refractivity contribution is 7.47. The lowest BCUT2D eigenvalue weighted by atomic mass is 9.93. The van der Waals surface area contributed by atoms with Crippen molar-refractivity contribution in [2.75, 3.05) is 19.0 Å². The van der Waals surface area contributed by atoms with Crippen molar-refractivity contribution in [2.24, 2.45) is 0 Å². The van der Waals surface area contributed by atoms with Crippen LogP contribution in [-0.2, 0) is 13.8 Å². The molecule has 0 bridgehead atoms. The molecule has 4 aromatic rings.